The second-order valence-electron chi connectivity index (χ2n) is 13.2. The Bertz CT molecular complexity index is 1700. The molecule has 0 radical (unpaired) electrons. The normalized spacial score (nSPS) is 25.9. The van der Waals surface area contributed by atoms with Crippen LogP contribution >= 0.6 is 0 Å². The highest BCUT2D eigenvalue weighted by atomic mass is 16.2. The van der Waals surface area contributed by atoms with Gasteiger partial charge >= 0.3 is 0 Å². The molecule has 2 aromatic carbocycles. The van der Waals surface area contributed by atoms with E-state index < -0.39 is 30.0 Å². The summed E-state index contributed by atoms with van der Waals surface area (Å²) in [6.07, 6.45) is 7.18. The highest BCUT2D eigenvalue weighted by Crippen LogP contribution is 2.41. The maximum Gasteiger partial charge on any atom is 0.252 e. The first-order chi connectivity index (χ1) is 21.8. The van der Waals surface area contributed by atoms with Crippen LogP contribution in [0.15, 0.2) is 60.8 Å². The number of rotatable bonds is 7. The van der Waals surface area contributed by atoms with Crippen LogP contribution in [0.25, 0.3) is 16.5 Å². The number of nitrogens with one attached hydrogen (secondary N) is 2. The van der Waals surface area contributed by atoms with Crippen molar-refractivity contribution in [1.82, 2.24) is 25.0 Å². The Labute approximate surface area is 263 Å². The van der Waals surface area contributed by atoms with Crippen molar-refractivity contribution in [3.63, 3.8) is 0 Å². The van der Waals surface area contributed by atoms with Crippen LogP contribution in [-0.2, 0) is 32.0 Å². The van der Waals surface area contributed by atoms with E-state index in [1.165, 1.54) is 15.8 Å². The number of nitrogens with zero attached hydrogens (tertiary/aromatic N) is 3. The lowest BCUT2D eigenvalue weighted by molar-refractivity contribution is -0.167. The summed E-state index contributed by atoms with van der Waals surface area (Å²) in [5.74, 6) is -1.96. The molecule has 0 unspecified atom stereocenters. The number of aromatic amines is 1. The quantitative estimate of drug-likeness (QED) is 0.428. The molecule has 3 aliphatic heterocycles. The summed E-state index contributed by atoms with van der Waals surface area (Å²) >= 11 is 0. The number of H-pyrrole nitrogens is 1. The Hall–Kier alpha value is -4.24. The number of hydrogen-bond acceptors (Lipinski definition) is 5. The minimum Gasteiger partial charge on any atom is -0.361 e. The van der Waals surface area contributed by atoms with Crippen LogP contribution in [0, 0.1) is 11.8 Å². The monoisotopic (exact) mass is 607 g/mol. The van der Waals surface area contributed by atoms with Gasteiger partial charge in [0.15, 0.2) is 0 Å². The third kappa shape index (κ3) is 4.97. The number of imide groups is 1. The molecule has 2 saturated heterocycles. The third-order valence-corrected chi connectivity index (χ3v) is 10.5. The van der Waals surface area contributed by atoms with E-state index >= 15 is 0 Å². The van der Waals surface area contributed by atoms with Gasteiger partial charge in [0, 0.05) is 42.7 Å². The van der Waals surface area contributed by atoms with Crippen LogP contribution in [-0.4, -0.2) is 87.6 Å². The van der Waals surface area contributed by atoms with Crippen LogP contribution in [0.1, 0.15) is 49.8 Å². The van der Waals surface area contributed by atoms with E-state index in [1.54, 1.807) is 4.90 Å². The molecular weight excluding hydrogens is 566 g/mol. The van der Waals surface area contributed by atoms with Crippen molar-refractivity contribution in [3.05, 3.63) is 77.5 Å². The summed E-state index contributed by atoms with van der Waals surface area (Å²) in [6.45, 7) is 4.94. The van der Waals surface area contributed by atoms with E-state index in [4.69, 9.17) is 0 Å². The minimum atomic E-state index is -0.938. The predicted molar refractivity (Wildman–Crippen MR) is 172 cm³/mol. The lowest BCUT2D eigenvalue weighted by Crippen LogP contribution is -2.68. The van der Waals surface area contributed by atoms with Gasteiger partial charge in [-0.25, -0.2) is 0 Å². The third-order valence-electron chi connectivity index (χ3n) is 10.5. The fourth-order valence-electron chi connectivity index (χ4n) is 7.89. The number of aromatic nitrogens is 1. The number of likely N-dealkylation sites (N-methyl/N-ethyl adjacent to an activating group) is 1. The lowest BCUT2D eigenvalue weighted by Gasteiger charge is -2.43. The maximum atomic E-state index is 14.5. The Balaban J connectivity index is 1.19. The zero-order chi connectivity index (χ0) is 31.4. The number of piperazine rings is 1. The van der Waals surface area contributed by atoms with Gasteiger partial charge in [-0.1, -0.05) is 68.8 Å². The summed E-state index contributed by atoms with van der Waals surface area (Å²) in [6, 6.07) is 13.4. The van der Waals surface area contributed by atoms with Crippen molar-refractivity contribution in [2.24, 2.45) is 11.8 Å². The van der Waals surface area contributed by atoms with Crippen molar-refractivity contribution >= 4 is 40.1 Å². The number of hydrogen-bond donors (Lipinski definition) is 2. The molecule has 45 heavy (non-hydrogen) atoms. The number of carbonyl (C=O) groups excluding carboxylic acids is 4. The van der Waals surface area contributed by atoms with E-state index in [1.807, 2.05) is 57.3 Å². The molecule has 1 aliphatic carbocycles. The summed E-state index contributed by atoms with van der Waals surface area (Å²) in [4.78, 5) is 64.7. The first-order valence-corrected chi connectivity index (χ1v) is 16.3. The fraction of sp³-hybridized carbons (Fsp3) is 0.444. The highest BCUT2D eigenvalue weighted by Gasteiger charge is 2.52. The zero-order valence-electron chi connectivity index (χ0n) is 26.2. The van der Waals surface area contributed by atoms with E-state index in [0.717, 1.165) is 35.1 Å². The molecule has 7 rings (SSSR count). The number of benzene rings is 2. The molecule has 4 heterocycles. The van der Waals surface area contributed by atoms with E-state index in [9.17, 15) is 19.2 Å². The second kappa shape index (κ2) is 11.6. The molecule has 2 fully saturated rings. The number of fused-ring (bicyclic) bond motifs is 3. The molecule has 2 N–H and O–H groups in total. The lowest BCUT2D eigenvalue weighted by atomic mass is 9.79. The number of amides is 4. The maximum absolute atomic E-state index is 14.5. The van der Waals surface area contributed by atoms with Gasteiger partial charge in [0.05, 0.1) is 5.92 Å². The summed E-state index contributed by atoms with van der Waals surface area (Å²) in [7, 11) is 2.05. The molecule has 9 nitrogen and oxygen atoms in total. The van der Waals surface area contributed by atoms with Crippen molar-refractivity contribution in [1.29, 1.82) is 0 Å². The summed E-state index contributed by atoms with van der Waals surface area (Å²) in [5, 5.41) is 4.29. The molecule has 0 saturated carbocycles. The molecule has 3 aromatic rings. The van der Waals surface area contributed by atoms with Gasteiger partial charge in [0.1, 0.15) is 18.1 Å². The van der Waals surface area contributed by atoms with Gasteiger partial charge in [-0.3, -0.25) is 29.0 Å². The van der Waals surface area contributed by atoms with Crippen molar-refractivity contribution in [2.75, 3.05) is 20.1 Å². The molecular formula is C36H41N5O4. The van der Waals surface area contributed by atoms with Gasteiger partial charge in [0.25, 0.3) is 11.8 Å². The summed E-state index contributed by atoms with van der Waals surface area (Å²) in [5.41, 5.74) is 5.52. The fourth-order valence-corrected chi connectivity index (χ4v) is 7.89. The van der Waals surface area contributed by atoms with Crippen molar-refractivity contribution in [3.8, 4) is 0 Å². The molecule has 4 amide bonds. The average molecular weight is 608 g/mol. The Kier molecular flexibility index (Phi) is 7.60. The molecule has 0 bridgehead atoms. The molecule has 6 atom stereocenters. The van der Waals surface area contributed by atoms with Crippen molar-refractivity contribution in [2.45, 2.75) is 70.1 Å². The molecule has 234 valence electrons. The van der Waals surface area contributed by atoms with Crippen LogP contribution in [0.4, 0.5) is 0 Å². The topological polar surface area (TPSA) is 106 Å². The standard InChI is InChI=1S/C36H41N5O4/c1-4-21(2)32(36(45)41-30(16-22-10-6-5-7-11-22)34(43)40-15-9-14-28(40)35(41)44)38-33(42)24-17-26-25-12-8-13-27-31(25)23(19-37-27)18-29(26)39(3)20-24/h5-8,10-13,17,19,21,24,28-30,32,37H,4,9,14-16,18,20H2,1-3H3,(H,38,42)/t21-,24+,28+,29+,30-,32-/m0/s1. The van der Waals surface area contributed by atoms with Gasteiger partial charge in [-0.15, -0.1) is 0 Å². The molecule has 9 heteroatoms. The Morgan fingerprint density at radius 3 is 2.62 bits per heavy atom. The largest absolute Gasteiger partial charge is 0.361 e. The highest BCUT2D eigenvalue weighted by molar-refractivity contribution is 6.09. The van der Waals surface area contributed by atoms with Gasteiger partial charge in [-0.05, 0) is 60.6 Å². The van der Waals surface area contributed by atoms with Crippen LogP contribution in [0.5, 0.6) is 0 Å². The molecule has 0 spiro atoms. The predicted octanol–water partition coefficient (Wildman–Crippen LogP) is 3.54. The Morgan fingerprint density at radius 1 is 1.04 bits per heavy atom. The van der Waals surface area contributed by atoms with Crippen LogP contribution in [0.3, 0.4) is 0 Å². The van der Waals surface area contributed by atoms with Gasteiger partial charge in [0.2, 0.25) is 11.8 Å². The Morgan fingerprint density at radius 2 is 1.84 bits per heavy atom. The average Bonchev–Trinajstić information content (AvgIpc) is 3.72. The number of carbonyl (C=O) groups is 4. The van der Waals surface area contributed by atoms with E-state index in [-0.39, 0.29) is 36.1 Å². The first-order valence-electron chi connectivity index (χ1n) is 16.3. The van der Waals surface area contributed by atoms with Crippen LogP contribution in [0.2, 0.25) is 0 Å². The van der Waals surface area contributed by atoms with Gasteiger partial charge in [-0.2, -0.15) is 0 Å². The molecule has 4 aliphatic rings. The van der Waals surface area contributed by atoms with Crippen molar-refractivity contribution < 1.29 is 19.2 Å². The smallest absolute Gasteiger partial charge is 0.252 e. The minimum absolute atomic E-state index is 0.167. The SMILES string of the molecule is CC[C@H](C)[C@H](NC(=O)[C@@H]1C=C2c3cccc4[nH]cc(c34)C[C@H]2N(C)C1)C(=O)N1C(=O)[C@H]2CCCN2C(=O)[C@@H]1Cc1ccccc1. The van der Waals surface area contributed by atoms with E-state index in [0.29, 0.717) is 25.9 Å². The van der Waals surface area contributed by atoms with Gasteiger partial charge < -0.3 is 15.2 Å². The van der Waals surface area contributed by atoms with E-state index in [2.05, 4.69) is 39.6 Å². The van der Waals surface area contributed by atoms with Crippen LogP contribution < -0.4 is 5.32 Å². The second-order valence-corrected chi connectivity index (χ2v) is 13.2. The summed E-state index contributed by atoms with van der Waals surface area (Å²) < 4.78 is 0. The molecule has 1 aromatic heterocycles. The zero-order valence-corrected chi connectivity index (χ0v) is 26.2. The first kappa shape index (κ1) is 29.5.